The molecule has 0 spiro atoms. The maximum atomic E-state index is 5.75. The van der Waals surface area contributed by atoms with Crippen LogP contribution in [0.3, 0.4) is 0 Å². The number of nitrogens with two attached hydrogens (primary N) is 1. The highest BCUT2D eigenvalue weighted by atomic mass is 127. The number of nitrogens with zero attached hydrogens (tertiary/aromatic N) is 3. The van der Waals surface area contributed by atoms with Gasteiger partial charge in [-0.25, -0.2) is 4.98 Å². The van der Waals surface area contributed by atoms with Gasteiger partial charge in [-0.2, -0.15) is 4.98 Å². The third kappa shape index (κ3) is 2.20. The Bertz CT molecular complexity index is 311. The van der Waals surface area contributed by atoms with Crippen molar-refractivity contribution in [2.45, 2.75) is 13.3 Å². The Morgan fingerprint density at radius 2 is 2.00 bits per heavy atom. The third-order valence-corrected chi connectivity index (χ3v) is 2.84. The maximum Gasteiger partial charge on any atom is 0.227 e. The molecule has 0 amide bonds. The molecule has 2 N–H and O–H groups in total. The van der Waals surface area contributed by atoms with E-state index in [0.29, 0.717) is 11.8 Å². The second kappa shape index (κ2) is 4.08. The van der Waals surface area contributed by atoms with E-state index < -0.39 is 0 Å². The maximum absolute atomic E-state index is 5.75. The fraction of sp³-hybridized carbons (Fsp3) is 0.500. The fourth-order valence-electron chi connectivity index (χ4n) is 0.934. The second-order valence-corrected chi connectivity index (χ2v) is 4.00. The molecule has 1 rings (SSSR count). The van der Waals surface area contributed by atoms with Gasteiger partial charge in [0.2, 0.25) is 5.95 Å². The number of anilines is 2. The molecule has 5 heteroatoms. The number of aryl methyl sites for hydroxylation is 1. The van der Waals surface area contributed by atoms with Crippen LogP contribution < -0.4 is 10.6 Å². The molecule has 0 aliphatic heterocycles. The lowest BCUT2D eigenvalue weighted by Gasteiger charge is -2.12. The normalized spacial score (nSPS) is 10.2. The molecule has 0 aliphatic rings. The molecule has 72 valence electrons. The van der Waals surface area contributed by atoms with Crippen molar-refractivity contribution >= 4 is 34.4 Å². The van der Waals surface area contributed by atoms with Crippen LogP contribution in [-0.2, 0) is 6.42 Å². The molecule has 0 atom stereocenters. The Labute approximate surface area is 91.7 Å². The van der Waals surface area contributed by atoms with Gasteiger partial charge in [0, 0.05) is 14.1 Å². The molecule has 1 aromatic heterocycles. The summed E-state index contributed by atoms with van der Waals surface area (Å²) in [6.07, 6.45) is 0.881. The molecule has 0 saturated carbocycles. The number of hydrogen-bond donors (Lipinski definition) is 1. The number of halogens is 1. The molecular formula is C8H13IN4. The first-order valence-electron chi connectivity index (χ1n) is 4.05. The first-order valence-corrected chi connectivity index (χ1v) is 5.13. The molecule has 0 aromatic carbocycles. The zero-order valence-corrected chi connectivity index (χ0v) is 10.2. The number of rotatable bonds is 2. The smallest absolute Gasteiger partial charge is 0.227 e. The SMILES string of the molecule is CCc1nc(N(C)C)nc(N)c1I. The molecule has 0 radical (unpaired) electrons. The molecule has 1 aromatic rings. The van der Waals surface area contributed by atoms with Gasteiger partial charge in [0.05, 0.1) is 9.26 Å². The van der Waals surface area contributed by atoms with Crippen LogP contribution in [0.1, 0.15) is 12.6 Å². The predicted molar refractivity (Wildman–Crippen MR) is 62.9 cm³/mol. The summed E-state index contributed by atoms with van der Waals surface area (Å²) in [6, 6.07) is 0. The number of aromatic nitrogens is 2. The molecule has 4 nitrogen and oxygen atoms in total. The lowest BCUT2D eigenvalue weighted by molar-refractivity contribution is 0.934. The molecule has 0 bridgehead atoms. The van der Waals surface area contributed by atoms with Crippen LogP contribution in [-0.4, -0.2) is 24.1 Å². The monoisotopic (exact) mass is 292 g/mol. The van der Waals surface area contributed by atoms with E-state index >= 15 is 0 Å². The Kier molecular flexibility index (Phi) is 3.29. The van der Waals surface area contributed by atoms with Crippen LogP contribution in [0.4, 0.5) is 11.8 Å². The van der Waals surface area contributed by atoms with E-state index in [2.05, 4.69) is 39.5 Å². The summed E-state index contributed by atoms with van der Waals surface area (Å²) in [4.78, 5) is 10.4. The van der Waals surface area contributed by atoms with Crippen LogP contribution in [0.15, 0.2) is 0 Å². The highest BCUT2D eigenvalue weighted by Gasteiger charge is 2.08. The van der Waals surface area contributed by atoms with Crippen molar-refractivity contribution < 1.29 is 0 Å². The van der Waals surface area contributed by atoms with Crippen molar-refractivity contribution in [3.8, 4) is 0 Å². The Balaban J connectivity index is 3.22. The van der Waals surface area contributed by atoms with Gasteiger partial charge in [0.15, 0.2) is 0 Å². The zero-order chi connectivity index (χ0) is 10.0. The van der Waals surface area contributed by atoms with Gasteiger partial charge in [-0.3, -0.25) is 0 Å². The predicted octanol–water partition coefficient (Wildman–Crippen LogP) is 1.29. The molecular weight excluding hydrogens is 279 g/mol. The second-order valence-electron chi connectivity index (χ2n) is 2.92. The van der Waals surface area contributed by atoms with Crippen molar-refractivity contribution in [3.63, 3.8) is 0 Å². The van der Waals surface area contributed by atoms with Gasteiger partial charge >= 0.3 is 0 Å². The molecule has 0 fully saturated rings. The van der Waals surface area contributed by atoms with Gasteiger partial charge in [-0.1, -0.05) is 6.92 Å². The van der Waals surface area contributed by atoms with E-state index in [4.69, 9.17) is 5.73 Å². The van der Waals surface area contributed by atoms with Crippen LogP contribution in [0.25, 0.3) is 0 Å². The number of hydrogen-bond acceptors (Lipinski definition) is 4. The van der Waals surface area contributed by atoms with Gasteiger partial charge < -0.3 is 10.6 Å². The first-order chi connectivity index (χ1) is 6.06. The van der Waals surface area contributed by atoms with Gasteiger partial charge in [-0.05, 0) is 29.0 Å². The molecule has 0 unspecified atom stereocenters. The zero-order valence-electron chi connectivity index (χ0n) is 8.00. The summed E-state index contributed by atoms with van der Waals surface area (Å²) >= 11 is 2.18. The summed E-state index contributed by atoms with van der Waals surface area (Å²) in [5, 5.41) is 0. The Morgan fingerprint density at radius 1 is 1.38 bits per heavy atom. The van der Waals surface area contributed by atoms with E-state index in [1.165, 1.54) is 0 Å². The van der Waals surface area contributed by atoms with Crippen molar-refractivity contribution in [2.24, 2.45) is 0 Å². The van der Waals surface area contributed by atoms with Gasteiger partial charge in [0.1, 0.15) is 5.82 Å². The lowest BCUT2D eigenvalue weighted by atomic mass is 10.3. The standard InChI is InChI=1S/C8H13IN4/c1-4-5-6(9)7(10)12-8(11-5)13(2)3/h4H2,1-3H3,(H2,10,11,12). The average molecular weight is 292 g/mol. The first kappa shape index (κ1) is 10.5. The van der Waals surface area contributed by atoms with Crippen molar-refractivity contribution in [2.75, 3.05) is 24.7 Å². The van der Waals surface area contributed by atoms with Crippen LogP contribution in [0.5, 0.6) is 0 Å². The summed E-state index contributed by atoms with van der Waals surface area (Å²) < 4.78 is 0.964. The minimum Gasteiger partial charge on any atom is -0.383 e. The van der Waals surface area contributed by atoms with Crippen molar-refractivity contribution in [3.05, 3.63) is 9.26 Å². The lowest BCUT2D eigenvalue weighted by Crippen LogP contribution is -2.15. The number of nitrogen functional groups attached to an aromatic ring is 1. The molecule has 13 heavy (non-hydrogen) atoms. The van der Waals surface area contributed by atoms with Crippen molar-refractivity contribution in [1.29, 1.82) is 0 Å². The molecule has 0 saturated heterocycles. The average Bonchev–Trinajstić information content (AvgIpc) is 2.09. The van der Waals surface area contributed by atoms with E-state index in [1.807, 2.05) is 19.0 Å². The quantitative estimate of drug-likeness (QED) is 0.835. The summed E-state index contributed by atoms with van der Waals surface area (Å²) in [6.45, 7) is 2.06. The largest absolute Gasteiger partial charge is 0.383 e. The van der Waals surface area contributed by atoms with E-state index in [1.54, 1.807) is 0 Å². The molecule has 0 aliphatic carbocycles. The highest BCUT2D eigenvalue weighted by Crippen LogP contribution is 2.19. The summed E-state index contributed by atoms with van der Waals surface area (Å²) in [5.41, 5.74) is 6.76. The van der Waals surface area contributed by atoms with Gasteiger partial charge in [0.25, 0.3) is 0 Å². The summed E-state index contributed by atoms with van der Waals surface area (Å²) in [7, 11) is 3.81. The van der Waals surface area contributed by atoms with E-state index in [9.17, 15) is 0 Å². The minimum atomic E-state index is 0.566. The van der Waals surface area contributed by atoms with Gasteiger partial charge in [-0.15, -0.1) is 0 Å². The van der Waals surface area contributed by atoms with Crippen molar-refractivity contribution in [1.82, 2.24) is 9.97 Å². The highest BCUT2D eigenvalue weighted by molar-refractivity contribution is 14.1. The van der Waals surface area contributed by atoms with E-state index in [-0.39, 0.29) is 0 Å². The minimum absolute atomic E-state index is 0.566. The Hall–Kier alpha value is -0.590. The topological polar surface area (TPSA) is 55.0 Å². The van der Waals surface area contributed by atoms with Crippen LogP contribution in [0, 0.1) is 3.57 Å². The van der Waals surface area contributed by atoms with Crippen LogP contribution in [0.2, 0.25) is 0 Å². The third-order valence-electron chi connectivity index (χ3n) is 1.67. The summed E-state index contributed by atoms with van der Waals surface area (Å²) in [5.74, 6) is 1.24. The Morgan fingerprint density at radius 3 is 2.46 bits per heavy atom. The van der Waals surface area contributed by atoms with E-state index in [0.717, 1.165) is 15.7 Å². The van der Waals surface area contributed by atoms with Crippen LogP contribution >= 0.6 is 22.6 Å². The molecule has 1 heterocycles. The fourth-order valence-corrected chi connectivity index (χ4v) is 1.56.